The first-order valence-corrected chi connectivity index (χ1v) is 8.51. The third-order valence-electron chi connectivity index (χ3n) is 3.63. The molecule has 0 amide bonds. The summed E-state index contributed by atoms with van der Waals surface area (Å²) in [6, 6.07) is 4.73. The molecule has 0 saturated carbocycles. The van der Waals surface area contributed by atoms with Crippen LogP contribution in [0.1, 0.15) is 26.7 Å². The Bertz CT molecular complexity index is 541. The van der Waals surface area contributed by atoms with Crippen LogP contribution in [0.3, 0.4) is 0 Å². The molecule has 0 aliphatic heterocycles. The monoisotopic (exact) mass is 298 g/mol. The van der Waals surface area contributed by atoms with Crippen molar-refractivity contribution in [1.82, 2.24) is 4.98 Å². The van der Waals surface area contributed by atoms with Gasteiger partial charge in [-0.1, -0.05) is 25.2 Å². The number of fused-ring (bicyclic) bond motifs is 1. The summed E-state index contributed by atoms with van der Waals surface area (Å²) in [6.07, 6.45) is 4.40. The normalized spacial score (nSPS) is 12.0. The molecule has 2 aromatic rings. The number of rotatable bonds is 6. The molecule has 19 heavy (non-hydrogen) atoms. The van der Waals surface area contributed by atoms with Gasteiger partial charge in [0, 0.05) is 11.3 Å². The first-order valence-electron chi connectivity index (χ1n) is 6.47. The van der Waals surface area contributed by atoms with E-state index in [0.29, 0.717) is 0 Å². The molecule has 1 heterocycles. The van der Waals surface area contributed by atoms with Gasteiger partial charge in [0.2, 0.25) is 0 Å². The molecular weight excluding hydrogens is 279 g/mol. The molecule has 1 N–H and O–H groups in total. The quantitative estimate of drug-likeness (QED) is 0.831. The first kappa shape index (κ1) is 14.6. The largest absolute Gasteiger partial charge is 0.360 e. The maximum atomic E-state index is 13.1. The number of nitrogens with zero attached hydrogens (tertiary/aromatic N) is 1. The number of hydrogen-bond donors (Lipinski definition) is 1. The van der Waals surface area contributed by atoms with E-state index in [2.05, 4.69) is 30.4 Å². The first-order chi connectivity index (χ1) is 9.12. The van der Waals surface area contributed by atoms with Crippen LogP contribution < -0.4 is 5.32 Å². The lowest BCUT2D eigenvalue weighted by molar-refractivity contribution is 0.574. The maximum absolute atomic E-state index is 13.1. The van der Waals surface area contributed by atoms with Crippen molar-refractivity contribution in [2.45, 2.75) is 31.4 Å². The van der Waals surface area contributed by atoms with Crippen molar-refractivity contribution in [2.75, 3.05) is 18.1 Å². The third-order valence-corrected chi connectivity index (χ3v) is 6.20. The Morgan fingerprint density at radius 1 is 1.37 bits per heavy atom. The zero-order valence-corrected chi connectivity index (χ0v) is 13.1. The SMILES string of the molecule is CCC(CC)(CNc1nc2ccc(F)cc2s1)SC. The van der Waals surface area contributed by atoms with Crippen LogP contribution in [-0.4, -0.2) is 22.5 Å². The number of anilines is 1. The maximum Gasteiger partial charge on any atom is 0.183 e. The van der Waals surface area contributed by atoms with Gasteiger partial charge >= 0.3 is 0 Å². The lowest BCUT2D eigenvalue weighted by Crippen LogP contribution is -2.31. The van der Waals surface area contributed by atoms with E-state index in [1.165, 1.54) is 17.4 Å². The number of benzene rings is 1. The van der Waals surface area contributed by atoms with Gasteiger partial charge in [0.15, 0.2) is 5.13 Å². The molecule has 0 saturated heterocycles. The Morgan fingerprint density at radius 3 is 2.74 bits per heavy atom. The van der Waals surface area contributed by atoms with Crippen molar-refractivity contribution in [3.8, 4) is 0 Å². The second-order valence-electron chi connectivity index (χ2n) is 4.58. The number of aromatic nitrogens is 1. The Hall–Kier alpha value is -0.810. The highest BCUT2D eigenvalue weighted by Gasteiger charge is 2.24. The molecule has 0 aliphatic carbocycles. The molecule has 1 aromatic heterocycles. The molecule has 5 heteroatoms. The number of nitrogens with one attached hydrogen (secondary N) is 1. The number of hydrogen-bond acceptors (Lipinski definition) is 4. The van der Waals surface area contributed by atoms with E-state index >= 15 is 0 Å². The summed E-state index contributed by atoms with van der Waals surface area (Å²) >= 11 is 3.41. The fourth-order valence-corrected chi connectivity index (χ4v) is 3.75. The smallest absolute Gasteiger partial charge is 0.183 e. The van der Waals surface area contributed by atoms with Crippen molar-refractivity contribution in [3.63, 3.8) is 0 Å². The highest BCUT2D eigenvalue weighted by atomic mass is 32.2. The van der Waals surface area contributed by atoms with E-state index in [1.54, 1.807) is 12.1 Å². The van der Waals surface area contributed by atoms with Crippen LogP contribution in [0.4, 0.5) is 9.52 Å². The summed E-state index contributed by atoms with van der Waals surface area (Å²) in [4.78, 5) is 4.49. The summed E-state index contributed by atoms with van der Waals surface area (Å²) in [5, 5.41) is 4.29. The molecule has 0 bridgehead atoms. The lowest BCUT2D eigenvalue weighted by atomic mass is 10.0. The standard InChI is InChI=1S/C14H19FN2S2/c1-4-14(5-2,18-3)9-16-13-17-11-7-6-10(15)8-12(11)19-13/h6-8H,4-5,9H2,1-3H3,(H,16,17). The zero-order chi connectivity index (χ0) is 13.9. The Kier molecular flexibility index (Phi) is 4.68. The van der Waals surface area contributed by atoms with Crippen LogP contribution >= 0.6 is 23.1 Å². The van der Waals surface area contributed by atoms with Crippen LogP contribution in [0.2, 0.25) is 0 Å². The zero-order valence-electron chi connectivity index (χ0n) is 11.5. The van der Waals surface area contributed by atoms with Crippen LogP contribution in [0.25, 0.3) is 10.2 Å². The van der Waals surface area contributed by atoms with Gasteiger partial charge < -0.3 is 5.32 Å². The van der Waals surface area contributed by atoms with Crippen molar-refractivity contribution >= 4 is 38.4 Å². The van der Waals surface area contributed by atoms with Gasteiger partial charge in [-0.05, 0) is 37.3 Å². The fourth-order valence-electron chi connectivity index (χ4n) is 2.07. The van der Waals surface area contributed by atoms with E-state index in [4.69, 9.17) is 0 Å². The van der Waals surface area contributed by atoms with Crippen LogP contribution in [0.15, 0.2) is 18.2 Å². The Labute approximate surface area is 121 Å². The topological polar surface area (TPSA) is 24.9 Å². The number of thiazole rings is 1. The van der Waals surface area contributed by atoms with E-state index in [-0.39, 0.29) is 10.6 Å². The molecule has 0 radical (unpaired) electrons. The van der Waals surface area contributed by atoms with Crippen molar-refractivity contribution in [1.29, 1.82) is 0 Å². The predicted octanol–water partition coefficient (Wildman–Crippen LogP) is 4.77. The van der Waals surface area contributed by atoms with Gasteiger partial charge in [-0.15, -0.1) is 0 Å². The van der Waals surface area contributed by atoms with Gasteiger partial charge in [-0.3, -0.25) is 0 Å². The highest BCUT2D eigenvalue weighted by Crippen LogP contribution is 2.32. The molecule has 0 aliphatic rings. The average Bonchev–Trinajstić information content (AvgIpc) is 2.83. The van der Waals surface area contributed by atoms with E-state index in [1.807, 2.05) is 11.8 Å². The molecule has 0 atom stereocenters. The second-order valence-corrected chi connectivity index (χ2v) is 6.88. The van der Waals surface area contributed by atoms with Gasteiger partial charge in [0.1, 0.15) is 5.82 Å². The van der Waals surface area contributed by atoms with Crippen molar-refractivity contribution in [2.24, 2.45) is 0 Å². The average molecular weight is 298 g/mol. The summed E-state index contributed by atoms with van der Waals surface area (Å²) in [7, 11) is 0. The van der Waals surface area contributed by atoms with E-state index in [0.717, 1.165) is 34.7 Å². The minimum absolute atomic E-state index is 0.205. The van der Waals surface area contributed by atoms with Crippen molar-refractivity contribution in [3.05, 3.63) is 24.0 Å². The fraction of sp³-hybridized carbons (Fsp3) is 0.500. The summed E-state index contributed by atoms with van der Waals surface area (Å²) < 4.78 is 14.3. The summed E-state index contributed by atoms with van der Waals surface area (Å²) in [5.41, 5.74) is 0.858. The molecule has 0 fully saturated rings. The molecule has 104 valence electrons. The Morgan fingerprint density at radius 2 is 2.11 bits per heavy atom. The number of thioether (sulfide) groups is 1. The van der Waals surface area contributed by atoms with Crippen molar-refractivity contribution < 1.29 is 4.39 Å². The van der Waals surface area contributed by atoms with E-state index in [9.17, 15) is 4.39 Å². The molecule has 0 spiro atoms. The predicted molar refractivity (Wildman–Crippen MR) is 84.9 cm³/mol. The third kappa shape index (κ3) is 3.20. The van der Waals surface area contributed by atoms with Gasteiger partial charge in [-0.25, -0.2) is 9.37 Å². The van der Waals surface area contributed by atoms with E-state index < -0.39 is 0 Å². The van der Waals surface area contributed by atoms with Crippen LogP contribution in [-0.2, 0) is 0 Å². The molecule has 2 nitrogen and oxygen atoms in total. The molecule has 0 unspecified atom stereocenters. The van der Waals surface area contributed by atoms with Gasteiger partial charge in [0.05, 0.1) is 10.2 Å². The highest BCUT2D eigenvalue weighted by molar-refractivity contribution is 8.00. The van der Waals surface area contributed by atoms with Crippen LogP contribution in [0.5, 0.6) is 0 Å². The molecule has 2 rings (SSSR count). The second kappa shape index (κ2) is 6.09. The minimum Gasteiger partial charge on any atom is -0.360 e. The molecule has 1 aromatic carbocycles. The lowest BCUT2D eigenvalue weighted by Gasteiger charge is -2.29. The number of halogens is 1. The molecular formula is C14H19FN2S2. The summed E-state index contributed by atoms with van der Waals surface area (Å²) in [5.74, 6) is -0.205. The summed E-state index contributed by atoms with van der Waals surface area (Å²) in [6.45, 7) is 5.33. The van der Waals surface area contributed by atoms with Gasteiger partial charge in [0.25, 0.3) is 0 Å². The Balaban J connectivity index is 2.13. The minimum atomic E-state index is -0.205. The van der Waals surface area contributed by atoms with Crippen LogP contribution in [0, 0.1) is 5.82 Å². The van der Waals surface area contributed by atoms with Gasteiger partial charge in [-0.2, -0.15) is 11.8 Å².